The summed E-state index contributed by atoms with van der Waals surface area (Å²) in [4.78, 5) is 0. The Bertz CT molecular complexity index is 308. The minimum Gasteiger partial charge on any atom is -0.497 e. The Morgan fingerprint density at radius 2 is 1.93 bits per heavy atom. The molecule has 0 aliphatic heterocycles. The fourth-order valence-corrected chi connectivity index (χ4v) is 1.38. The lowest BCUT2D eigenvalue weighted by molar-refractivity contribution is 0.193. The molecular formula is C12H19NO2. The van der Waals surface area contributed by atoms with Crippen molar-refractivity contribution in [3.05, 3.63) is 18.2 Å². The van der Waals surface area contributed by atoms with Gasteiger partial charge in [0.2, 0.25) is 0 Å². The topological polar surface area (TPSA) is 44.5 Å². The Morgan fingerprint density at radius 3 is 2.47 bits per heavy atom. The van der Waals surface area contributed by atoms with E-state index in [4.69, 9.17) is 15.2 Å². The molecule has 0 aliphatic carbocycles. The van der Waals surface area contributed by atoms with Crippen molar-refractivity contribution in [2.75, 3.05) is 12.8 Å². The molecule has 0 saturated heterocycles. The van der Waals surface area contributed by atoms with E-state index < -0.39 is 0 Å². The standard InChI is InChI=1S/C12H19NO2/c1-4-9(5-2)15-12-8-10(14-3)6-7-11(12)13/h6-9H,4-5,13H2,1-3H3. The normalized spacial score (nSPS) is 10.4. The monoisotopic (exact) mass is 209 g/mol. The third-order valence-corrected chi connectivity index (χ3v) is 2.43. The molecule has 0 amide bonds. The van der Waals surface area contributed by atoms with E-state index in [1.54, 1.807) is 13.2 Å². The zero-order valence-corrected chi connectivity index (χ0v) is 9.62. The summed E-state index contributed by atoms with van der Waals surface area (Å²) >= 11 is 0. The SMILES string of the molecule is CCC(CC)Oc1cc(OC)ccc1N. The number of benzene rings is 1. The first-order valence-electron chi connectivity index (χ1n) is 5.31. The molecule has 0 bridgehead atoms. The number of rotatable bonds is 5. The summed E-state index contributed by atoms with van der Waals surface area (Å²) in [6.07, 6.45) is 2.18. The van der Waals surface area contributed by atoms with E-state index >= 15 is 0 Å². The van der Waals surface area contributed by atoms with Gasteiger partial charge in [-0.15, -0.1) is 0 Å². The zero-order chi connectivity index (χ0) is 11.3. The van der Waals surface area contributed by atoms with Crippen LogP contribution in [0.15, 0.2) is 18.2 Å². The van der Waals surface area contributed by atoms with Crippen LogP contribution in [0.3, 0.4) is 0 Å². The predicted molar refractivity (Wildman–Crippen MR) is 62.4 cm³/mol. The molecule has 1 aromatic carbocycles. The first kappa shape index (κ1) is 11.7. The molecule has 0 heterocycles. The summed E-state index contributed by atoms with van der Waals surface area (Å²) in [5.41, 5.74) is 6.48. The van der Waals surface area contributed by atoms with Gasteiger partial charge >= 0.3 is 0 Å². The Kier molecular flexibility index (Phi) is 4.28. The molecule has 1 aromatic rings. The minimum atomic E-state index is 0.222. The van der Waals surface area contributed by atoms with Gasteiger partial charge in [-0.2, -0.15) is 0 Å². The van der Waals surface area contributed by atoms with E-state index in [2.05, 4.69) is 13.8 Å². The van der Waals surface area contributed by atoms with Gasteiger partial charge in [0.05, 0.1) is 18.9 Å². The summed E-state index contributed by atoms with van der Waals surface area (Å²) < 4.78 is 10.9. The van der Waals surface area contributed by atoms with E-state index in [9.17, 15) is 0 Å². The maximum atomic E-state index is 5.82. The smallest absolute Gasteiger partial charge is 0.146 e. The first-order valence-corrected chi connectivity index (χ1v) is 5.31. The summed E-state index contributed by atoms with van der Waals surface area (Å²) in [6.45, 7) is 4.20. The Balaban J connectivity index is 2.82. The first-order chi connectivity index (χ1) is 7.21. The van der Waals surface area contributed by atoms with E-state index in [-0.39, 0.29) is 6.10 Å². The molecule has 0 fully saturated rings. The Labute approximate surface area is 91.2 Å². The highest BCUT2D eigenvalue weighted by Gasteiger charge is 2.08. The van der Waals surface area contributed by atoms with Gasteiger partial charge in [-0.05, 0) is 25.0 Å². The summed E-state index contributed by atoms with van der Waals surface area (Å²) in [6, 6.07) is 5.46. The van der Waals surface area contributed by atoms with Gasteiger partial charge in [0.25, 0.3) is 0 Å². The number of nitrogen functional groups attached to an aromatic ring is 1. The van der Waals surface area contributed by atoms with Gasteiger partial charge in [0.1, 0.15) is 11.5 Å². The number of nitrogens with two attached hydrogens (primary N) is 1. The van der Waals surface area contributed by atoms with E-state index in [1.807, 2.05) is 12.1 Å². The minimum absolute atomic E-state index is 0.222. The van der Waals surface area contributed by atoms with Crippen LogP contribution in [0.5, 0.6) is 11.5 Å². The number of hydrogen-bond acceptors (Lipinski definition) is 3. The molecule has 3 nitrogen and oxygen atoms in total. The molecule has 0 radical (unpaired) electrons. The second kappa shape index (κ2) is 5.49. The molecule has 0 atom stereocenters. The highest BCUT2D eigenvalue weighted by Crippen LogP contribution is 2.28. The third kappa shape index (κ3) is 3.05. The maximum Gasteiger partial charge on any atom is 0.146 e. The van der Waals surface area contributed by atoms with Crippen molar-refractivity contribution in [2.45, 2.75) is 32.8 Å². The van der Waals surface area contributed by atoms with Gasteiger partial charge in [0.15, 0.2) is 0 Å². The number of methoxy groups -OCH3 is 1. The maximum absolute atomic E-state index is 5.82. The fraction of sp³-hybridized carbons (Fsp3) is 0.500. The average Bonchev–Trinajstić information content (AvgIpc) is 2.28. The molecule has 1 rings (SSSR count). The van der Waals surface area contributed by atoms with Crippen molar-refractivity contribution in [2.24, 2.45) is 0 Å². The lowest BCUT2D eigenvalue weighted by Gasteiger charge is -2.17. The number of ether oxygens (including phenoxy) is 2. The Morgan fingerprint density at radius 1 is 1.27 bits per heavy atom. The van der Waals surface area contributed by atoms with Crippen molar-refractivity contribution in [1.82, 2.24) is 0 Å². The second-order valence-electron chi connectivity index (χ2n) is 3.46. The van der Waals surface area contributed by atoms with Crippen molar-refractivity contribution >= 4 is 5.69 Å². The molecule has 0 unspecified atom stereocenters. The van der Waals surface area contributed by atoms with E-state index in [1.165, 1.54) is 0 Å². The zero-order valence-electron chi connectivity index (χ0n) is 9.62. The van der Waals surface area contributed by atoms with Crippen LogP contribution in [0, 0.1) is 0 Å². The largest absolute Gasteiger partial charge is 0.497 e. The highest BCUT2D eigenvalue weighted by molar-refractivity contribution is 5.55. The molecule has 0 aliphatic rings. The summed E-state index contributed by atoms with van der Waals surface area (Å²) in [5.74, 6) is 1.48. The van der Waals surface area contributed by atoms with Gasteiger partial charge in [-0.3, -0.25) is 0 Å². The molecule has 0 saturated carbocycles. The number of hydrogen-bond donors (Lipinski definition) is 1. The van der Waals surface area contributed by atoms with Crippen LogP contribution in [-0.2, 0) is 0 Å². The van der Waals surface area contributed by atoms with Gasteiger partial charge < -0.3 is 15.2 Å². The second-order valence-corrected chi connectivity index (χ2v) is 3.46. The molecular weight excluding hydrogens is 190 g/mol. The third-order valence-electron chi connectivity index (χ3n) is 2.43. The van der Waals surface area contributed by atoms with Crippen LogP contribution in [0.25, 0.3) is 0 Å². The summed E-state index contributed by atoms with van der Waals surface area (Å²) in [7, 11) is 1.63. The van der Waals surface area contributed by atoms with Gasteiger partial charge in [0, 0.05) is 6.07 Å². The van der Waals surface area contributed by atoms with Crippen LogP contribution in [0.4, 0.5) is 5.69 Å². The van der Waals surface area contributed by atoms with Crippen LogP contribution < -0.4 is 15.2 Å². The molecule has 15 heavy (non-hydrogen) atoms. The van der Waals surface area contributed by atoms with Crippen molar-refractivity contribution < 1.29 is 9.47 Å². The van der Waals surface area contributed by atoms with Crippen LogP contribution in [0.1, 0.15) is 26.7 Å². The highest BCUT2D eigenvalue weighted by atomic mass is 16.5. The molecule has 3 heteroatoms. The average molecular weight is 209 g/mol. The van der Waals surface area contributed by atoms with Crippen LogP contribution in [-0.4, -0.2) is 13.2 Å². The number of anilines is 1. The van der Waals surface area contributed by atoms with Crippen LogP contribution >= 0.6 is 0 Å². The van der Waals surface area contributed by atoms with Gasteiger partial charge in [-0.25, -0.2) is 0 Å². The van der Waals surface area contributed by atoms with Crippen molar-refractivity contribution in [3.63, 3.8) is 0 Å². The molecule has 0 spiro atoms. The lowest BCUT2D eigenvalue weighted by atomic mass is 10.2. The Hall–Kier alpha value is -1.38. The van der Waals surface area contributed by atoms with Crippen molar-refractivity contribution in [1.29, 1.82) is 0 Å². The molecule has 2 N–H and O–H groups in total. The molecule has 84 valence electrons. The van der Waals surface area contributed by atoms with Crippen LogP contribution in [0.2, 0.25) is 0 Å². The summed E-state index contributed by atoms with van der Waals surface area (Å²) in [5, 5.41) is 0. The van der Waals surface area contributed by atoms with E-state index in [0.717, 1.165) is 18.6 Å². The molecule has 0 aromatic heterocycles. The predicted octanol–water partition coefficient (Wildman–Crippen LogP) is 2.84. The van der Waals surface area contributed by atoms with Crippen molar-refractivity contribution in [3.8, 4) is 11.5 Å². The van der Waals surface area contributed by atoms with E-state index in [0.29, 0.717) is 11.4 Å². The quantitative estimate of drug-likeness (QED) is 0.758. The fourth-order valence-electron chi connectivity index (χ4n) is 1.38. The van der Waals surface area contributed by atoms with Gasteiger partial charge in [-0.1, -0.05) is 13.8 Å². The lowest BCUT2D eigenvalue weighted by Crippen LogP contribution is -2.14.